The number of hydrogen-bond donors (Lipinski definition) is 1. The maximum atomic E-state index is 13.7. The Morgan fingerprint density at radius 3 is 2.61 bits per heavy atom. The van der Waals surface area contributed by atoms with Crippen LogP contribution in [-0.4, -0.2) is 35.0 Å². The molecule has 1 N–H and O–H groups in total. The molecule has 0 aliphatic rings. The molecule has 6 rings (SSSR count). The van der Waals surface area contributed by atoms with Crippen molar-refractivity contribution in [3.05, 3.63) is 116 Å². The maximum absolute atomic E-state index is 13.7. The zero-order chi connectivity index (χ0) is 30.6. The highest BCUT2D eigenvalue weighted by Crippen LogP contribution is 2.34. The minimum Gasteiger partial charge on any atom is -0.490 e. The summed E-state index contributed by atoms with van der Waals surface area (Å²) in [4.78, 5) is 30.8. The molecule has 2 heterocycles. The standard InChI is InChI=1S/C33H24BrClN4O5/c1-2-42-28-16-21(25(34)17-29(28)43-19-31(40)37-23-8-4-3-5-9-23)18-36-39-32(38-26-11-7-6-10-24(26)33(39)41)30-15-20-14-22(35)12-13-27(20)44-30/h3-18H,2,19H2,1H3,(H,37,40). The lowest BCUT2D eigenvalue weighted by Gasteiger charge is -2.14. The van der Waals surface area contributed by atoms with E-state index in [2.05, 4.69) is 26.3 Å². The molecule has 0 spiro atoms. The number of nitrogens with zero attached hydrogens (tertiary/aromatic N) is 3. The van der Waals surface area contributed by atoms with E-state index in [9.17, 15) is 9.59 Å². The molecular formula is C33H24BrClN4O5. The summed E-state index contributed by atoms with van der Waals surface area (Å²) >= 11 is 9.73. The summed E-state index contributed by atoms with van der Waals surface area (Å²) in [6.07, 6.45) is 1.51. The van der Waals surface area contributed by atoms with E-state index in [1.807, 2.05) is 31.2 Å². The van der Waals surface area contributed by atoms with Gasteiger partial charge in [-0.15, -0.1) is 0 Å². The van der Waals surface area contributed by atoms with Crippen molar-refractivity contribution in [1.29, 1.82) is 0 Å². The molecule has 0 saturated heterocycles. The number of furan rings is 1. The predicted octanol–water partition coefficient (Wildman–Crippen LogP) is 7.52. The number of fused-ring (bicyclic) bond motifs is 2. The number of anilines is 1. The van der Waals surface area contributed by atoms with Crippen LogP contribution in [0.25, 0.3) is 33.5 Å². The van der Waals surface area contributed by atoms with Gasteiger partial charge in [0.15, 0.2) is 23.9 Å². The Bertz CT molecular complexity index is 2090. The minimum absolute atomic E-state index is 0.223. The summed E-state index contributed by atoms with van der Waals surface area (Å²) in [6.45, 7) is 1.98. The number of amides is 1. The Morgan fingerprint density at radius 2 is 1.80 bits per heavy atom. The van der Waals surface area contributed by atoms with Crippen LogP contribution in [-0.2, 0) is 4.79 Å². The number of nitrogens with one attached hydrogen (secondary N) is 1. The van der Waals surface area contributed by atoms with Crippen molar-refractivity contribution in [3.8, 4) is 23.1 Å². The Kier molecular flexibility index (Phi) is 8.44. The van der Waals surface area contributed by atoms with E-state index in [-0.39, 0.29) is 23.9 Å². The van der Waals surface area contributed by atoms with Gasteiger partial charge in [0.25, 0.3) is 11.5 Å². The van der Waals surface area contributed by atoms with Crippen LogP contribution in [0.3, 0.4) is 0 Å². The van der Waals surface area contributed by atoms with E-state index in [0.717, 1.165) is 5.39 Å². The van der Waals surface area contributed by atoms with E-state index < -0.39 is 0 Å². The van der Waals surface area contributed by atoms with Gasteiger partial charge in [-0.2, -0.15) is 9.78 Å². The van der Waals surface area contributed by atoms with E-state index >= 15 is 0 Å². The summed E-state index contributed by atoms with van der Waals surface area (Å²) < 4.78 is 19.5. The largest absolute Gasteiger partial charge is 0.490 e. The molecule has 11 heteroatoms. The average Bonchev–Trinajstić information content (AvgIpc) is 3.44. The van der Waals surface area contributed by atoms with Crippen molar-refractivity contribution in [1.82, 2.24) is 9.66 Å². The van der Waals surface area contributed by atoms with Gasteiger partial charge in [0.1, 0.15) is 5.58 Å². The molecule has 0 unspecified atom stereocenters. The Labute approximate surface area is 264 Å². The number of ether oxygens (including phenoxy) is 2. The van der Waals surface area contributed by atoms with Gasteiger partial charge in [0.2, 0.25) is 5.82 Å². The van der Waals surface area contributed by atoms with Crippen molar-refractivity contribution in [2.45, 2.75) is 6.92 Å². The molecule has 220 valence electrons. The maximum Gasteiger partial charge on any atom is 0.282 e. The third kappa shape index (κ3) is 6.22. The Hall–Kier alpha value is -4.93. The highest BCUT2D eigenvalue weighted by atomic mass is 79.9. The van der Waals surface area contributed by atoms with Crippen LogP contribution < -0.4 is 20.3 Å². The SMILES string of the molecule is CCOc1cc(C=Nn2c(-c3cc4cc(Cl)ccc4o3)nc3ccccc3c2=O)c(Br)cc1OCC(=O)Nc1ccccc1. The number of carbonyl (C=O) groups is 1. The first-order valence-electron chi connectivity index (χ1n) is 13.6. The molecule has 1 amide bonds. The van der Waals surface area contributed by atoms with Crippen molar-refractivity contribution in [2.24, 2.45) is 5.10 Å². The first-order chi connectivity index (χ1) is 21.4. The molecule has 0 saturated carbocycles. The molecule has 4 aromatic carbocycles. The monoisotopic (exact) mass is 670 g/mol. The number of para-hydroxylation sites is 2. The predicted molar refractivity (Wildman–Crippen MR) is 175 cm³/mol. The van der Waals surface area contributed by atoms with E-state index in [4.69, 9.17) is 30.5 Å². The van der Waals surface area contributed by atoms with Crippen molar-refractivity contribution in [2.75, 3.05) is 18.5 Å². The second-order valence-electron chi connectivity index (χ2n) is 9.56. The van der Waals surface area contributed by atoms with Gasteiger partial charge in [0.05, 0.1) is 23.7 Å². The molecular weight excluding hydrogens is 648 g/mol. The van der Waals surface area contributed by atoms with E-state index in [1.54, 1.807) is 66.7 Å². The lowest BCUT2D eigenvalue weighted by Crippen LogP contribution is -2.20. The number of rotatable bonds is 9. The molecule has 0 radical (unpaired) electrons. The van der Waals surface area contributed by atoms with Gasteiger partial charge in [-0.05, 0) is 83.5 Å². The van der Waals surface area contributed by atoms with E-state index in [0.29, 0.717) is 61.1 Å². The fourth-order valence-corrected chi connectivity index (χ4v) is 5.13. The molecule has 0 aliphatic heterocycles. The van der Waals surface area contributed by atoms with Crippen LogP contribution >= 0.6 is 27.5 Å². The smallest absolute Gasteiger partial charge is 0.282 e. The van der Waals surface area contributed by atoms with Gasteiger partial charge in [0, 0.05) is 26.1 Å². The Balaban J connectivity index is 1.34. The molecule has 44 heavy (non-hydrogen) atoms. The normalized spacial score (nSPS) is 11.3. The topological polar surface area (TPSA) is 108 Å². The highest BCUT2D eigenvalue weighted by molar-refractivity contribution is 9.10. The summed E-state index contributed by atoms with van der Waals surface area (Å²) in [5.74, 6) is 1.04. The first-order valence-corrected chi connectivity index (χ1v) is 14.8. The second-order valence-corrected chi connectivity index (χ2v) is 10.9. The third-order valence-electron chi connectivity index (χ3n) is 6.54. The summed E-state index contributed by atoms with van der Waals surface area (Å²) in [5, 5.41) is 9.06. The molecule has 9 nitrogen and oxygen atoms in total. The number of benzene rings is 4. The van der Waals surface area contributed by atoms with Gasteiger partial charge in [-0.3, -0.25) is 9.59 Å². The number of carbonyl (C=O) groups excluding carboxylic acids is 1. The van der Waals surface area contributed by atoms with Crippen molar-refractivity contribution >= 4 is 67.2 Å². The van der Waals surface area contributed by atoms with Crippen LogP contribution in [0.4, 0.5) is 5.69 Å². The number of hydrogen-bond acceptors (Lipinski definition) is 7. The zero-order valence-corrected chi connectivity index (χ0v) is 25.6. The first kappa shape index (κ1) is 29.2. The van der Waals surface area contributed by atoms with Crippen LogP contribution in [0.1, 0.15) is 12.5 Å². The van der Waals surface area contributed by atoms with Crippen molar-refractivity contribution in [3.63, 3.8) is 0 Å². The lowest BCUT2D eigenvalue weighted by molar-refractivity contribution is -0.118. The third-order valence-corrected chi connectivity index (χ3v) is 7.47. The molecule has 0 bridgehead atoms. The second kappa shape index (κ2) is 12.7. The Morgan fingerprint density at radius 1 is 1.02 bits per heavy atom. The number of aromatic nitrogens is 2. The van der Waals surface area contributed by atoms with Crippen molar-refractivity contribution < 1.29 is 18.7 Å². The van der Waals surface area contributed by atoms with Gasteiger partial charge >= 0.3 is 0 Å². The molecule has 0 atom stereocenters. The average molecular weight is 672 g/mol. The minimum atomic E-state index is -0.370. The lowest BCUT2D eigenvalue weighted by atomic mass is 10.2. The zero-order valence-electron chi connectivity index (χ0n) is 23.3. The van der Waals surface area contributed by atoms with Crippen LogP contribution in [0.2, 0.25) is 5.02 Å². The summed E-state index contributed by atoms with van der Waals surface area (Å²) in [7, 11) is 0. The van der Waals surface area contributed by atoms with Crippen LogP contribution in [0, 0.1) is 0 Å². The fourth-order valence-electron chi connectivity index (χ4n) is 4.53. The van der Waals surface area contributed by atoms with Gasteiger partial charge < -0.3 is 19.2 Å². The summed E-state index contributed by atoms with van der Waals surface area (Å²) in [6, 6.07) is 26.6. The molecule has 0 aliphatic carbocycles. The van der Waals surface area contributed by atoms with Crippen LogP contribution in [0.15, 0.2) is 110 Å². The van der Waals surface area contributed by atoms with Gasteiger partial charge in [-0.25, -0.2) is 4.98 Å². The fraction of sp³-hybridized carbons (Fsp3) is 0.0909. The number of halogens is 2. The molecule has 2 aromatic heterocycles. The summed E-state index contributed by atoms with van der Waals surface area (Å²) in [5.41, 5.74) is 2.00. The van der Waals surface area contributed by atoms with Gasteiger partial charge in [-0.1, -0.05) is 41.9 Å². The molecule has 6 aromatic rings. The highest BCUT2D eigenvalue weighted by Gasteiger charge is 2.18. The van der Waals surface area contributed by atoms with Crippen LogP contribution in [0.5, 0.6) is 11.5 Å². The quantitative estimate of drug-likeness (QED) is 0.159. The molecule has 0 fully saturated rings. The van der Waals surface area contributed by atoms with E-state index in [1.165, 1.54) is 10.9 Å².